The van der Waals surface area contributed by atoms with Gasteiger partial charge in [-0.05, 0) is 36.5 Å². The van der Waals surface area contributed by atoms with Crippen LogP contribution in [0.3, 0.4) is 0 Å². The summed E-state index contributed by atoms with van der Waals surface area (Å²) in [7, 11) is 0. The Morgan fingerprint density at radius 2 is 1.62 bits per heavy atom. The highest BCUT2D eigenvalue weighted by Gasteiger charge is 2.33. The Hall–Kier alpha value is 0. The lowest BCUT2D eigenvalue weighted by Crippen LogP contribution is -2.33. The quantitative estimate of drug-likeness (QED) is 0.587. The maximum absolute atomic E-state index is 2.43. The third kappa shape index (κ3) is 2.72. The summed E-state index contributed by atoms with van der Waals surface area (Å²) in [6.45, 7) is 9.53. The summed E-state index contributed by atoms with van der Waals surface area (Å²) in [5.41, 5.74) is 0. The van der Waals surface area contributed by atoms with Gasteiger partial charge in [-0.2, -0.15) is 0 Å². The standard InChI is InChI=1S/C13H26/c1-5-12(6-2)7-8-13-10(3)9-11(13)4/h10-13H,5-9H2,1-4H3. The molecule has 0 nitrogen and oxygen atoms in total. The maximum atomic E-state index is 2.43. The molecule has 1 rings (SSSR count). The van der Waals surface area contributed by atoms with Crippen LogP contribution in [0.15, 0.2) is 0 Å². The zero-order valence-electron chi connectivity index (χ0n) is 9.84. The fourth-order valence-corrected chi connectivity index (χ4v) is 3.00. The van der Waals surface area contributed by atoms with Crippen molar-refractivity contribution in [2.75, 3.05) is 0 Å². The second kappa shape index (κ2) is 5.02. The molecule has 1 aliphatic rings. The van der Waals surface area contributed by atoms with Gasteiger partial charge < -0.3 is 0 Å². The first-order chi connectivity index (χ1) is 6.19. The van der Waals surface area contributed by atoms with Crippen molar-refractivity contribution < 1.29 is 0 Å². The fourth-order valence-electron chi connectivity index (χ4n) is 3.00. The predicted molar refractivity (Wildman–Crippen MR) is 59.7 cm³/mol. The summed E-state index contributed by atoms with van der Waals surface area (Å²) in [4.78, 5) is 0. The van der Waals surface area contributed by atoms with Gasteiger partial charge >= 0.3 is 0 Å². The van der Waals surface area contributed by atoms with Gasteiger partial charge in [-0.15, -0.1) is 0 Å². The van der Waals surface area contributed by atoms with Crippen molar-refractivity contribution in [3.05, 3.63) is 0 Å². The zero-order chi connectivity index (χ0) is 9.84. The first-order valence-corrected chi connectivity index (χ1v) is 6.19. The molecule has 0 aliphatic heterocycles. The van der Waals surface area contributed by atoms with Crippen LogP contribution in [0.25, 0.3) is 0 Å². The van der Waals surface area contributed by atoms with E-state index in [-0.39, 0.29) is 0 Å². The second-order valence-corrected chi connectivity index (χ2v) is 5.11. The van der Waals surface area contributed by atoms with Gasteiger partial charge in [0, 0.05) is 0 Å². The molecule has 2 unspecified atom stereocenters. The first-order valence-electron chi connectivity index (χ1n) is 6.19. The topological polar surface area (TPSA) is 0 Å². The molecule has 0 bridgehead atoms. The van der Waals surface area contributed by atoms with Crippen molar-refractivity contribution in [1.82, 2.24) is 0 Å². The van der Waals surface area contributed by atoms with E-state index in [1.807, 2.05) is 0 Å². The molecule has 0 heterocycles. The highest BCUT2D eigenvalue weighted by Crippen LogP contribution is 2.43. The molecule has 0 aromatic rings. The van der Waals surface area contributed by atoms with Gasteiger partial charge in [0.1, 0.15) is 0 Å². The van der Waals surface area contributed by atoms with Gasteiger partial charge in [0.2, 0.25) is 0 Å². The molecule has 0 N–H and O–H groups in total. The molecule has 0 aromatic carbocycles. The van der Waals surface area contributed by atoms with Gasteiger partial charge in [0.15, 0.2) is 0 Å². The molecule has 0 radical (unpaired) electrons. The van der Waals surface area contributed by atoms with E-state index in [1.54, 1.807) is 0 Å². The Bertz CT molecular complexity index is 127. The molecule has 13 heavy (non-hydrogen) atoms. The van der Waals surface area contributed by atoms with Gasteiger partial charge in [0.25, 0.3) is 0 Å². The minimum absolute atomic E-state index is 1.000. The molecule has 1 fully saturated rings. The predicted octanol–water partition coefficient (Wildman–Crippen LogP) is 4.49. The van der Waals surface area contributed by atoms with Crippen molar-refractivity contribution in [3.63, 3.8) is 0 Å². The van der Waals surface area contributed by atoms with E-state index in [9.17, 15) is 0 Å². The molecule has 0 spiro atoms. The van der Waals surface area contributed by atoms with Crippen molar-refractivity contribution in [2.45, 2.75) is 59.8 Å². The van der Waals surface area contributed by atoms with Gasteiger partial charge in [0.05, 0.1) is 0 Å². The minimum Gasteiger partial charge on any atom is -0.0651 e. The van der Waals surface area contributed by atoms with Gasteiger partial charge in [-0.1, -0.05) is 47.0 Å². The van der Waals surface area contributed by atoms with Gasteiger partial charge in [-0.3, -0.25) is 0 Å². The smallest absolute Gasteiger partial charge is 0.0362 e. The highest BCUT2D eigenvalue weighted by molar-refractivity contribution is 4.84. The Labute approximate surface area is 84.1 Å². The molecule has 0 heteroatoms. The minimum atomic E-state index is 1.000. The lowest BCUT2D eigenvalue weighted by molar-refractivity contribution is 0.0846. The summed E-state index contributed by atoms with van der Waals surface area (Å²) in [6.07, 6.45) is 7.21. The Morgan fingerprint density at radius 3 is 2.00 bits per heavy atom. The first kappa shape index (κ1) is 11.1. The summed E-state index contributed by atoms with van der Waals surface area (Å²) >= 11 is 0. The molecule has 1 saturated carbocycles. The van der Waals surface area contributed by atoms with Crippen molar-refractivity contribution in [1.29, 1.82) is 0 Å². The largest absolute Gasteiger partial charge is 0.0651 e. The average Bonchev–Trinajstić information content (AvgIpc) is 2.12. The normalized spacial score (nSPS) is 33.5. The molecule has 0 amide bonds. The van der Waals surface area contributed by atoms with Crippen LogP contribution < -0.4 is 0 Å². The highest BCUT2D eigenvalue weighted by atomic mass is 14.4. The summed E-state index contributed by atoms with van der Waals surface area (Å²) < 4.78 is 0. The average molecular weight is 182 g/mol. The number of hydrogen-bond donors (Lipinski definition) is 0. The molecular weight excluding hydrogens is 156 g/mol. The van der Waals surface area contributed by atoms with Crippen LogP contribution in [-0.4, -0.2) is 0 Å². The van der Waals surface area contributed by atoms with Crippen molar-refractivity contribution >= 4 is 0 Å². The summed E-state index contributed by atoms with van der Waals surface area (Å²) in [5, 5.41) is 0. The Morgan fingerprint density at radius 1 is 1.08 bits per heavy atom. The van der Waals surface area contributed by atoms with E-state index >= 15 is 0 Å². The van der Waals surface area contributed by atoms with Gasteiger partial charge in [-0.25, -0.2) is 0 Å². The van der Waals surface area contributed by atoms with Crippen LogP contribution in [0.1, 0.15) is 59.8 Å². The molecule has 0 aromatic heterocycles. The second-order valence-electron chi connectivity index (χ2n) is 5.11. The van der Waals surface area contributed by atoms with Crippen LogP contribution in [0.4, 0.5) is 0 Å². The number of hydrogen-bond acceptors (Lipinski definition) is 0. The lowest BCUT2D eigenvalue weighted by atomic mass is 9.64. The van der Waals surface area contributed by atoms with E-state index in [4.69, 9.17) is 0 Å². The van der Waals surface area contributed by atoms with Crippen LogP contribution in [-0.2, 0) is 0 Å². The fraction of sp³-hybridized carbons (Fsp3) is 1.00. The maximum Gasteiger partial charge on any atom is -0.0362 e. The molecule has 78 valence electrons. The Kier molecular flexibility index (Phi) is 4.28. The van der Waals surface area contributed by atoms with Crippen LogP contribution in [0.2, 0.25) is 0 Å². The third-order valence-electron chi connectivity index (χ3n) is 4.27. The molecule has 2 atom stereocenters. The van der Waals surface area contributed by atoms with E-state index in [0.29, 0.717) is 0 Å². The summed E-state index contributed by atoms with van der Waals surface area (Å²) in [5.74, 6) is 4.09. The van der Waals surface area contributed by atoms with E-state index < -0.39 is 0 Å². The zero-order valence-corrected chi connectivity index (χ0v) is 9.84. The summed E-state index contributed by atoms with van der Waals surface area (Å²) in [6, 6.07) is 0. The Balaban J connectivity index is 2.17. The van der Waals surface area contributed by atoms with Crippen LogP contribution in [0.5, 0.6) is 0 Å². The monoisotopic (exact) mass is 182 g/mol. The molecule has 0 saturated heterocycles. The van der Waals surface area contributed by atoms with E-state index in [2.05, 4.69) is 27.7 Å². The SMILES string of the molecule is CCC(CC)CCC1C(C)CC1C. The molecule has 1 aliphatic carbocycles. The lowest BCUT2D eigenvalue weighted by Gasteiger charge is -2.41. The van der Waals surface area contributed by atoms with E-state index in [1.165, 1.54) is 32.1 Å². The van der Waals surface area contributed by atoms with Crippen molar-refractivity contribution in [3.8, 4) is 0 Å². The van der Waals surface area contributed by atoms with Crippen LogP contribution in [0, 0.1) is 23.7 Å². The van der Waals surface area contributed by atoms with Crippen molar-refractivity contribution in [2.24, 2.45) is 23.7 Å². The third-order valence-corrected chi connectivity index (χ3v) is 4.27. The molecular formula is C13H26. The number of rotatable bonds is 5. The van der Waals surface area contributed by atoms with Crippen LogP contribution >= 0.6 is 0 Å². The van der Waals surface area contributed by atoms with E-state index in [0.717, 1.165) is 23.7 Å².